The second-order valence-corrected chi connectivity index (χ2v) is 6.09. The third kappa shape index (κ3) is 4.21. The van der Waals surface area contributed by atoms with Gasteiger partial charge in [-0.25, -0.2) is 0 Å². The van der Waals surface area contributed by atoms with Crippen LogP contribution in [0.3, 0.4) is 0 Å². The molecule has 0 heterocycles. The van der Waals surface area contributed by atoms with Crippen molar-refractivity contribution < 1.29 is 14.6 Å². The van der Waals surface area contributed by atoms with Crippen molar-refractivity contribution in [3.63, 3.8) is 0 Å². The molecule has 3 atom stereocenters. The third-order valence-electron chi connectivity index (χ3n) is 4.54. The molecule has 0 bridgehead atoms. The first kappa shape index (κ1) is 16.8. The summed E-state index contributed by atoms with van der Waals surface area (Å²) in [7, 11) is 3.55. The van der Waals surface area contributed by atoms with Gasteiger partial charge in [-0.2, -0.15) is 0 Å². The summed E-state index contributed by atoms with van der Waals surface area (Å²) in [5.74, 6) is 1.000. The first-order valence-electron chi connectivity index (χ1n) is 7.84. The summed E-state index contributed by atoms with van der Waals surface area (Å²) < 4.78 is 5.10. The normalized spacial score (nSPS) is 22.6. The summed E-state index contributed by atoms with van der Waals surface area (Å²) in [5, 5.41) is 12.8. The zero-order valence-corrected chi connectivity index (χ0v) is 13.6. The van der Waals surface area contributed by atoms with E-state index in [4.69, 9.17) is 4.74 Å². The largest absolute Gasteiger partial charge is 0.497 e. The number of nitrogens with one attached hydrogen (secondary N) is 1. The zero-order valence-electron chi connectivity index (χ0n) is 13.6. The van der Waals surface area contributed by atoms with E-state index in [1.807, 2.05) is 43.1 Å². The van der Waals surface area contributed by atoms with Gasteiger partial charge in [-0.3, -0.25) is 9.69 Å². The van der Waals surface area contributed by atoms with Crippen LogP contribution in [-0.2, 0) is 4.79 Å². The van der Waals surface area contributed by atoms with Crippen LogP contribution in [0.4, 0.5) is 5.69 Å². The Morgan fingerprint density at radius 2 is 2.09 bits per heavy atom. The maximum atomic E-state index is 12.3. The van der Waals surface area contributed by atoms with Crippen molar-refractivity contribution in [3.8, 4) is 5.75 Å². The van der Waals surface area contributed by atoms with Gasteiger partial charge in [-0.1, -0.05) is 6.42 Å². The van der Waals surface area contributed by atoms with E-state index < -0.39 is 0 Å². The third-order valence-corrected chi connectivity index (χ3v) is 4.54. The van der Waals surface area contributed by atoms with Gasteiger partial charge >= 0.3 is 0 Å². The molecule has 1 saturated carbocycles. The van der Waals surface area contributed by atoms with Crippen molar-refractivity contribution in [2.75, 3.05) is 26.0 Å². The summed E-state index contributed by atoms with van der Waals surface area (Å²) in [6.07, 6.45) is 2.77. The van der Waals surface area contributed by atoms with Crippen LogP contribution in [0.15, 0.2) is 24.3 Å². The lowest BCUT2D eigenvalue weighted by atomic mass is 10.0. The minimum Gasteiger partial charge on any atom is -0.497 e. The van der Waals surface area contributed by atoms with E-state index in [0.717, 1.165) is 37.2 Å². The van der Waals surface area contributed by atoms with Crippen molar-refractivity contribution in [3.05, 3.63) is 24.3 Å². The minimum absolute atomic E-state index is 0.0415. The number of hydrogen-bond donors (Lipinski definition) is 2. The van der Waals surface area contributed by atoms with E-state index in [2.05, 4.69) is 5.32 Å². The summed E-state index contributed by atoms with van der Waals surface area (Å²) in [4.78, 5) is 14.3. The van der Waals surface area contributed by atoms with E-state index in [-0.39, 0.29) is 24.0 Å². The first-order valence-corrected chi connectivity index (χ1v) is 7.84. The number of aliphatic hydroxyl groups is 1. The van der Waals surface area contributed by atoms with Crippen LogP contribution in [0.2, 0.25) is 0 Å². The van der Waals surface area contributed by atoms with Gasteiger partial charge in [0.15, 0.2) is 0 Å². The number of carbonyl (C=O) groups is 1. The van der Waals surface area contributed by atoms with Gasteiger partial charge in [0.05, 0.1) is 19.3 Å². The Bertz CT molecular complexity index is 489. The molecular formula is C17H26N2O3. The lowest BCUT2D eigenvalue weighted by Crippen LogP contribution is -2.43. The summed E-state index contributed by atoms with van der Waals surface area (Å²) in [5.41, 5.74) is 0.756. The highest BCUT2D eigenvalue weighted by Gasteiger charge is 2.28. The smallest absolute Gasteiger partial charge is 0.241 e. The van der Waals surface area contributed by atoms with Crippen LogP contribution in [0.1, 0.15) is 26.2 Å². The molecule has 5 nitrogen and oxygen atoms in total. The van der Waals surface area contributed by atoms with Crippen LogP contribution in [-0.4, -0.2) is 48.8 Å². The van der Waals surface area contributed by atoms with Crippen molar-refractivity contribution in [2.45, 2.75) is 38.3 Å². The highest BCUT2D eigenvalue weighted by atomic mass is 16.5. The second kappa shape index (κ2) is 7.61. The Morgan fingerprint density at radius 1 is 1.41 bits per heavy atom. The summed E-state index contributed by atoms with van der Waals surface area (Å²) in [6, 6.07) is 7.04. The second-order valence-electron chi connectivity index (χ2n) is 6.09. The Morgan fingerprint density at radius 3 is 2.64 bits per heavy atom. The van der Waals surface area contributed by atoms with Gasteiger partial charge in [-0.05, 0) is 57.0 Å². The average molecular weight is 306 g/mol. The molecule has 5 heteroatoms. The van der Waals surface area contributed by atoms with Crippen LogP contribution in [0.5, 0.6) is 5.75 Å². The van der Waals surface area contributed by atoms with Crippen LogP contribution in [0.25, 0.3) is 0 Å². The monoisotopic (exact) mass is 306 g/mol. The highest BCUT2D eigenvalue weighted by Crippen LogP contribution is 2.26. The molecule has 0 aromatic heterocycles. The molecule has 2 N–H and O–H groups in total. The lowest BCUT2D eigenvalue weighted by Gasteiger charge is -2.27. The van der Waals surface area contributed by atoms with Crippen LogP contribution >= 0.6 is 0 Å². The van der Waals surface area contributed by atoms with E-state index in [9.17, 15) is 9.90 Å². The molecule has 3 unspecified atom stereocenters. The van der Waals surface area contributed by atoms with E-state index in [1.54, 1.807) is 7.11 Å². The summed E-state index contributed by atoms with van der Waals surface area (Å²) >= 11 is 0. The number of hydrogen-bond acceptors (Lipinski definition) is 4. The maximum absolute atomic E-state index is 12.3. The number of carbonyl (C=O) groups excluding carboxylic acids is 1. The molecule has 22 heavy (non-hydrogen) atoms. The fourth-order valence-electron chi connectivity index (χ4n) is 2.88. The van der Waals surface area contributed by atoms with Crippen molar-refractivity contribution in [1.29, 1.82) is 0 Å². The van der Waals surface area contributed by atoms with Crippen molar-refractivity contribution in [1.82, 2.24) is 4.90 Å². The molecule has 2 rings (SSSR count). The van der Waals surface area contributed by atoms with Crippen LogP contribution < -0.4 is 10.1 Å². The van der Waals surface area contributed by atoms with Gasteiger partial charge in [0, 0.05) is 12.2 Å². The molecule has 1 aromatic rings. The molecular weight excluding hydrogens is 280 g/mol. The van der Waals surface area contributed by atoms with E-state index in [1.165, 1.54) is 0 Å². The molecule has 1 aliphatic carbocycles. The highest BCUT2D eigenvalue weighted by molar-refractivity contribution is 5.94. The number of aliphatic hydroxyl groups excluding tert-OH is 1. The Kier molecular flexibility index (Phi) is 5.80. The van der Waals surface area contributed by atoms with E-state index in [0.29, 0.717) is 0 Å². The van der Waals surface area contributed by atoms with Gasteiger partial charge in [0.2, 0.25) is 5.91 Å². The topological polar surface area (TPSA) is 61.8 Å². The minimum atomic E-state index is -0.241. The fraction of sp³-hybridized carbons (Fsp3) is 0.588. The molecule has 1 fully saturated rings. The predicted molar refractivity (Wildman–Crippen MR) is 87.1 cm³/mol. The average Bonchev–Trinajstić information content (AvgIpc) is 2.92. The standard InChI is InChI=1S/C17H26N2O3/c1-12(19(2)11-13-5-4-6-16(13)20)17(21)18-14-7-9-15(22-3)10-8-14/h7-10,12-13,16,20H,4-6,11H2,1-3H3,(H,18,21). The summed E-state index contributed by atoms with van der Waals surface area (Å²) in [6.45, 7) is 2.64. The Labute approximate surface area is 132 Å². The fourth-order valence-corrected chi connectivity index (χ4v) is 2.88. The number of benzene rings is 1. The Hall–Kier alpha value is -1.59. The van der Waals surface area contributed by atoms with Crippen molar-refractivity contribution >= 4 is 11.6 Å². The number of anilines is 1. The number of amides is 1. The Balaban J connectivity index is 1.87. The van der Waals surface area contributed by atoms with E-state index >= 15 is 0 Å². The number of ether oxygens (including phenoxy) is 1. The van der Waals surface area contributed by atoms with Crippen molar-refractivity contribution in [2.24, 2.45) is 5.92 Å². The predicted octanol–water partition coefficient (Wildman–Crippen LogP) is 2.12. The molecule has 122 valence electrons. The number of likely N-dealkylation sites (N-methyl/N-ethyl adjacent to an activating group) is 1. The van der Waals surface area contributed by atoms with Crippen LogP contribution in [0, 0.1) is 5.92 Å². The number of methoxy groups -OCH3 is 1. The van der Waals surface area contributed by atoms with Gasteiger partial charge in [-0.15, -0.1) is 0 Å². The number of rotatable bonds is 6. The molecule has 0 aliphatic heterocycles. The molecule has 1 aromatic carbocycles. The maximum Gasteiger partial charge on any atom is 0.241 e. The quantitative estimate of drug-likeness (QED) is 0.845. The number of nitrogens with zero attached hydrogens (tertiary/aromatic N) is 1. The van der Waals surface area contributed by atoms with Gasteiger partial charge in [0.1, 0.15) is 5.75 Å². The zero-order chi connectivity index (χ0) is 16.1. The lowest BCUT2D eigenvalue weighted by molar-refractivity contribution is -0.120. The van der Waals surface area contributed by atoms with Gasteiger partial charge in [0.25, 0.3) is 0 Å². The SMILES string of the molecule is COc1ccc(NC(=O)C(C)N(C)CC2CCCC2O)cc1. The van der Waals surface area contributed by atoms with Gasteiger partial charge < -0.3 is 15.2 Å². The molecule has 0 saturated heterocycles. The molecule has 0 radical (unpaired) electrons. The first-order chi connectivity index (χ1) is 10.5. The molecule has 1 amide bonds. The molecule has 0 spiro atoms. The molecule has 1 aliphatic rings.